The van der Waals surface area contributed by atoms with Crippen molar-refractivity contribution in [2.45, 2.75) is 37.8 Å². The van der Waals surface area contributed by atoms with E-state index in [0.717, 1.165) is 13.0 Å². The zero-order valence-corrected chi connectivity index (χ0v) is 19.5. The molecule has 2 aromatic carbocycles. The van der Waals surface area contributed by atoms with E-state index >= 15 is 0 Å². The smallest absolute Gasteiger partial charge is 0.253 e. The molecule has 3 rings (SSSR count). The van der Waals surface area contributed by atoms with E-state index in [9.17, 15) is 17.6 Å². The van der Waals surface area contributed by atoms with Crippen LogP contribution in [0.5, 0.6) is 5.75 Å². The van der Waals surface area contributed by atoms with Crippen LogP contribution in [-0.2, 0) is 16.6 Å². The van der Waals surface area contributed by atoms with Crippen molar-refractivity contribution >= 4 is 15.9 Å². The summed E-state index contributed by atoms with van der Waals surface area (Å²) < 4.78 is 47.2. The summed E-state index contributed by atoms with van der Waals surface area (Å²) in [6.45, 7) is 6.32. The number of rotatable bonds is 7. The molecule has 1 amide bonds. The molecule has 0 spiro atoms. The summed E-state index contributed by atoms with van der Waals surface area (Å²) in [5.41, 5.74) is 0.924. The lowest BCUT2D eigenvalue weighted by Crippen LogP contribution is -2.35. The largest absolute Gasteiger partial charge is 0.495 e. The highest BCUT2D eigenvalue weighted by Gasteiger charge is 2.25. The Hall–Kier alpha value is -2.49. The first-order valence-electron chi connectivity index (χ1n) is 10.7. The van der Waals surface area contributed by atoms with Gasteiger partial charge in [0, 0.05) is 49.9 Å². The second kappa shape index (κ2) is 10.4. The number of benzene rings is 2. The second-order valence-corrected chi connectivity index (χ2v) is 9.84. The summed E-state index contributed by atoms with van der Waals surface area (Å²) in [5.74, 6) is -0.283. The van der Waals surface area contributed by atoms with Gasteiger partial charge in [-0.15, -0.1) is 0 Å². The summed E-state index contributed by atoms with van der Waals surface area (Å²) >= 11 is 0. The van der Waals surface area contributed by atoms with Gasteiger partial charge >= 0.3 is 0 Å². The van der Waals surface area contributed by atoms with Crippen molar-refractivity contribution in [3.8, 4) is 5.75 Å². The molecular formula is C23H30FN3O4S. The Bertz CT molecular complexity index is 1060. The average Bonchev–Trinajstić information content (AvgIpc) is 2.99. The van der Waals surface area contributed by atoms with E-state index in [1.165, 1.54) is 25.3 Å². The van der Waals surface area contributed by atoms with Gasteiger partial charge in [0.2, 0.25) is 10.0 Å². The molecule has 0 saturated carbocycles. The molecule has 174 valence electrons. The van der Waals surface area contributed by atoms with Crippen LogP contribution in [0, 0.1) is 5.82 Å². The highest BCUT2D eigenvalue weighted by molar-refractivity contribution is 7.89. The number of nitrogens with one attached hydrogen (secondary N) is 1. The summed E-state index contributed by atoms with van der Waals surface area (Å²) in [7, 11) is -2.44. The highest BCUT2D eigenvalue weighted by atomic mass is 32.2. The SMILES string of the molecule is COc1ccc(C(=O)N2CCCN(Cc3ccccc3F)CC2)cc1S(=O)(=O)NC(C)C. The molecule has 32 heavy (non-hydrogen) atoms. The molecule has 0 bridgehead atoms. The molecule has 1 heterocycles. The Morgan fingerprint density at radius 3 is 2.56 bits per heavy atom. The number of hydrogen-bond donors (Lipinski definition) is 1. The Labute approximate surface area is 189 Å². The fourth-order valence-corrected chi connectivity index (χ4v) is 5.22. The molecule has 1 aliphatic rings. The first kappa shape index (κ1) is 24.2. The second-order valence-electron chi connectivity index (χ2n) is 8.15. The van der Waals surface area contributed by atoms with Crippen LogP contribution in [0.15, 0.2) is 47.4 Å². The average molecular weight is 464 g/mol. The normalized spacial score (nSPS) is 15.6. The van der Waals surface area contributed by atoms with Gasteiger partial charge in [0.25, 0.3) is 5.91 Å². The fourth-order valence-electron chi connectivity index (χ4n) is 3.78. The quantitative estimate of drug-likeness (QED) is 0.683. The molecule has 0 radical (unpaired) electrons. The van der Waals surface area contributed by atoms with E-state index in [4.69, 9.17) is 4.74 Å². The number of halogens is 1. The number of methoxy groups -OCH3 is 1. The zero-order chi connectivity index (χ0) is 23.3. The van der Waals surface area contributed by atoms with Crippen LogP contribution in [0.1, 0.15) is 36.2 Å². The monoisotopic (exact) mass is 463 g/mol. The summed E-state index contributed by atoms with van der Waals surface area (Å²) in [5, 5.41) is 0. The van der Waals surface area contributed by atoms with Crippen LogP contribution in [0.25, 0.3) is 0 Å². The number of carbonyl (C=O) groups excluding carboxylic acids is 1. The number of ether oxygens (including phenoxy) is 1. The van der Waals surface area contributed by atoms with E-state index in [2.05, 4.69) is 9.62 Å². The lowest BCUT2D eigenvalue weighted by Gasteiger charge is -2.23. The van der Waals surface area contributed by atoms with Gasteiger partial charge in [-0.2, -0.15) is 0 Å². The van der Waals surface area contributed by atoms with Crippen molar-refractivity contribution in [1.82, 2.24) is 14.5 Å². The molecule has 1 fully saturated rings. The zero-order valence-electron chi connectivity index (χ0n) is 18.7. The standard InChI is InChI=1S/C23H30FN3O4S/c1-17(2)25-32(29,30)22-15-18(9-10-21(22)31-3)23(28)27-12-6-11-26(13-14-27)16-19-7-4-5-8-20(19)24/h4-5,7-10,15,17,25H,6,11-14,16H2,1-3H3. The van der Waals surface area contributed by atoms with E-state index in [0.29, 0.717) is 31.7 Å². The summed E-state index contributed by atoms with van der Waals surface area (Å²) in [6, 6.07) is 10.9. The predicted octanol–water partition coefficient (Wildman–Crippen LogP) is 2.87. The van der Waals surface area contributed by atoms with Crippen LogP contribution >= 0.6 is 0 Å². The van der Waals surface area contributed by atoms with E-state index < -0.39 is 10.0 Å². The first-order valence-corrected chi connectivity index (χ1v) is 12.1. The Kier molecular flexibility index (Phi) is 7.86. The highest BCUT2D eigenvalue weighted by Crippen LogP contribution is 2.26. The molecule has 7 nitrogen and oxygen atoms in total. The first-order chi connectivity index (χ1) is 15.2. The number of nitrogens with zero attached hydrogens (tertiary/aromatic N) is 2. The van der Waals surface area contributed by atoms with Gasteiger partial charge in [-0.3, -0.25) is 9.69 Å². The maximum atomic E-state index is 14.0. The third-order valence-electron chi connectivity index (χ3n) is 5.32. The van der Waals surface area contributed by atoms with Gasteiger partial charge in [-0.25, -0.2) is 17.5 Å². The molecule has 9 heteroatoms. The number of hydrogen-bond acceptors (Lipinski definition) is 5. The number of amides is 1. The maximum Gasteiger partial charge on any atom is 0.253 e. The molecule has 1 aliphatic heterocycles. The Morgan fingerprint density at radius 1 is 1.12 bits per heavy atom. The van der Waals surface area contributed by atoms with Gasteiger partial charge in [0.15, 0.2) is 0 Å². The summed E-state index contributed by atoms with van der Waals surface area (Å²) in [4.78, 5) is 16.9. The van der Waals surface area contributed by atoms with Gasteiger partial charge in [0.1, 0.15) is 16.5 Å². The van der Waals surface area contributed by atoms with Crippen molar-refractivity contribution in [1.29, 1.82) is 0 Å². The number of sulfonamides is 1. The molecule has 0 atom stereocenters. The van der Waals surface area contributed by atoms with E-state index in [1.54, 1.807) is 36.9 Å². The summed E-state index contributed by atoms with van der Waals surface area (Å²) in [6.07, 6.45) is 0.746. The minimum atomic E-state index is -3.83. The number of carbonyl (C=O) groups is 1. The fraction of sp³-hybridized carbons (Fsp3) is 0.435. The van der Waals surface area contributed by atoms with Crippen LogP contribution in [0.2, 0.25) is 0 Å². The van der Waals surface area contributed by atoms with Crippen molar-refractivity contribution in [3.05, 3.63) is 59.4 Å². The molecule has 0 aliphatic carbocycles. The van der Waals surface area contributed by atoms with Crippen molar-refractivity contribution in [2.75, 3.05) is 33.3 Å². The van der Waals surface area contributed by atoms with Crippen molar-refractivity contribution < 1.29 is 22.3 Å². The predicted molar refractivity (Wildman–Crippen MR) is 121 cm³/mol. The van der Waals surface area contributed by atoms with E-state index in [-0.39, 0.29) is 34.0 Å². The minimum Gasteiger partial charge on any atom is -0.495 e. The molecule has 1 saturated heterocycles. The molecule has 0 aromatic heterocycles. The lowest BCUT2D eigenvalue weighted by molar-refractivity contribution is 0.0760. The molecular weight excluding hydrogens is 433 g/mol. The van der Waals surface area contributed by atoms with E-state index in [1.807, 2.05) is 6.07 Å². The van der Waals surface area contributed by atoms with Gasteiger partial charge in [0.05, 0.1) is 7.11 Å². The van der Waals surface area contributed by atoms with Crippen LogP contribution < -0.4 is 9.46 Å². The Balaban J connectivity index is 1.75. The Morgan fingerprint density at radius 2 is 1.88 bits per heavy atom. The van der Waals surface area contributed by atoms with Crippen molar-refractivity contribution in [2.24, 2.45) is 0 Å². The third kappa shape index (κ3) is 5.85. The minimum absolute atomic E-state index is 0.0597. The maximum absolute atomic E-state index is 14.0. The topological polar surface area (TPSA) is 79.0 Å². The van der Waals surface area contributed by atoms with Gasteiger partial charge in [-0.05, 0) is 44.5 Å². The van der Waals surface area contributed by atoms with Gasteiger partial charge < -0.3 is 9.64 Å². The van der Waals surface area contributed by atoms with Crippen molar-refractivity contribution in [3.63, 3.8) is 0 Å². The van der Waals surface area contributed by atoms with Crippen LogP contribution in [0.3, 0.4) is 0 Å². The third-order valence-corrected chi connectivity index (χ3v) is 7.00. The van der Waals surface area contributed by atoms with Crippen LogP contribution in [-0.4, -0.2) is 63.5 Å². The lowest BCUT2D eigenvalue weighted by atomic mass is 10.2. The van der Waals surface area contributed by atoms with Crippen LogP contribution in [0.4, 0.5) is 4.39 Å². The molecule has 1 N–H and O–H groups in total. The molecule has 2 aromatic rings. The van der Waals surface area contributed by atoms with Gasteiger partial charge in [-0.1, -0.05) is 18.2 Å². The molecule has 0 unspecified atom stereocenters.